The maximum absolute atomic E-state index is 12.4. The van der Waals surface area contributed by atoms with Gasteiger partial charge in [-0.2, -0.15) is 0 Å². The van der Waals surface area contributed by atoms with E-state index in [0.717, 1.165) is 22.4 Å². The molecule has 2 amide bonds. The normalized spacial score (nSPS) is 13.9. The Hall–Kier alpha value is -3.35. The topological polar surface area (TPSA) is 80.8 Å². The van der Waals surface area contributed by atoms with E-state index in [4.69, 9.17) is 9.47 Å². The van der Waals surface area contributed by atoms with Crippen LogP contribution in [0.25, 0.3) is 5.57 Å². The molecule has 0 aliphatic carbocycles. The molecule has 2 aromatic rings. The maximum atomic E-state index is 12.4. The number of aromatic nitrogens is 1. The highest BCUT2D eigenvalue weighted by Crippen LogP contribution is 2.25. The average Bonchev–Trinajstić information content (AvgIpc) is 2.71. The van der Waals surface area contributed by atoms with Gasteiger partial charge in [0, 0.05) is 18.8 Å². The molecule has 164 valence electrons. The van der Waals surface area contributed by atoms with Gasteiger partial charge in [0.05, 0.1) is 0 Å². The monoisotopic (exact) mass is 423 g/mol. The molecule has 1 aliphatic heterocycles. The van der Waals surface area contributed by atoms with Crippen LogP contribution in [-0.4, -0.2) is 40.8 Å². The summed E-state index contributed by atoms with van der Waals surface area (Å²) in [6.07, 6.45) is 1.84. The number of ether oxygens (including phenoxy) is 2. The third-order valence-electron chi connectivity index (χ3n) is 4.63. The van der Waals surface area contributed by atoms with Crippen LogP contribution >= 0.6 is 0 Å². The fraction of sp³-hybridized carbons (Fsp3) is 0.375. The molecule has 0 spiro atoms. The molecule has 2 heterocycles. The zero-order valence-electron chi connectivity index (χ0n) is 18.5. The van der Waals surface area contributed by atoms with Crippen LogP contribution in [0.3, 0.4) is 0 Å². The predicted octanol–water partition coefficient (Wildman–Crippen LogP) is 5.16. The molecule has 1 aromatic carbocycles. The molecule has 0 unspecified atom stereocenters. The maximum Gasteiger partial charge on any atom is 0.413 e. The highest BCUT2D eigenvalue weighted by Gasteiger charge is 2.21. The van der Waals surface area contributed by atoms with Crippen LogP contribution in [0.1, 0.15) is 44.0 Å². The van der Waals surface area contributed by atoms with Gasteiger partial charge >= 0.3 is 12.2 Å². The lowest BCUT2D eigenvalue weighted by atomic mass is 9.99. The number of rotatable bonds is 4. The number of nitrogens with zero attached hydrogens (tertiary/aromatic N) is 2. The number of anilines is 1. The highest BCUT2D eigenvalue weighted by molar-refractivity contribution is 5.84. The predicted molar refractivity (Wildman–Crippen MR) is 120 cm³/mol. The van der Waals surface area contributed by atoms with Crippen LogP contribution < -0.4 is 5.32 Å². The van der Waals surface area contributed by atoms with E-state index >= 15 is 0 Å². The molecule has 1 aliphatic rings. The van der Waals surface area contributed by atoms with Gasteiger partial charge in [-0.1, -0.05) is 36.4 Å². The standard InChI is InChI=1S/C24H29N3O4/c1-17-14-20(15-21(25-17)26-22(28)31-24(2,3)4)19-10-12-27(13-11-19)23(29)30-16-18-8-6-5-7-9-18/h5-10,14-15H,11-13,16H2,1-4H3,(H,25,26,28). The first-order valence-corrected chi connectivity index (χ1v) is 10.3. The quantitative estimate of drug-likeness (QED) is 0.734. The Bertz CT molecular complexity index is 965. The van der Waals surface area contributed by atoms with Crippen LogP contribution in [0.15, 0.2) is 48.5 Å². The Kier molecular flexibility index (Phi) is 6.95. The number of amides is 2. The van der Waals surface area contributed by atoms with E-state index in [-0.39, 0.29) is 12.7 Å². The molecule has 0 saturated heterocycles. The van der Waals surface area contributed by atoms with Crippen molar-refractivity contribution in [2.45, 2.75) is 46.3 Å². The Balaban J connectivity index is 1.61. The van der Waals surface area contributed by atoms with E-state index in [0.29, 0.717) is 25.3 Å². The van der Waals surface area contributed by atoms with Crippen LogP contribution in [0, 0.1) is 6.92 Å². The third-order valence-corrected chi connectivity index (χ3v) is 4.63. The van der Waals surface area contributed by atoms with Gasteiger partial charge in [0.1, 0.15) is 18.0 Å². The van der Waals surface area contributed by atoms with Crippen molar-refractivity contribution in [2.24, 2.45) is 0 Å². The second kappa shape index (κ2) is 9.64. The van der Waals surface area contributed by atoms with Crippen LogP contribution in [0.2, 0.25) is 0 Å². The molecule has 7 nitrogen and oxygen atoms in total. The van der Waals surface area contributed by atoms with Crippen molar-refractivity contribution in [1.29, 1.82) is 0 Å². The van der Waals surface area contributed by atoms with Crippen molar-refractivity contribution < 1.29 is 19.1 Å². The van der Waals surface area contributed by atoms with E-state index in [1.165, 1.54) is 0 Å². The Labute approximate surface area is 183 Å². The number of nitrogens with one attached hydrogen (secondary N) is 1. The van der Waals surface area contributed by atoms with Crippen LogP contribution in [0.4, 0.5) is 15.4 Å². The Morgan fingerprint density at radius 2 is 1.90 bits per heavy atom. The number of pyridine rings is 1. The number of benzene rings is 1. The van der Waals surface area contributed by atoms with Gasteiger partial charge in [0.15, 0.2) is 0 Å². The Morgan fingerprint density at radius 3 is 2.55 bits per heavy atom. The molecule has 7 heteroatoms. The van der Waals surface area contributed by atoms with Crippen molar-refractivity contribution in [2.75, 3.05) is 18.4 Å². The van der Waals surface area contributed by atoms with E-state index in [1.54, 1.807) is 4.90 Å². The van der Waals surface area contributed by atoms with E-state index < -0.39 is 11.7 Å². The summed E-state index contributed by atoms with van der Waals surface area (Å²) < 4.78 is 10.7. The summed E-state index contributed by atoms with van der Waals surface area (Å²) in [6.45, 7) is 8.60. The fourth-order valence-electron chi connectivity index (χ4n) is 3.23. The smallest absolute Gasteiger partial charge is 0.413 e. The van der Waals surface area contributed by atoms with Gasteiger partial charge in [-0.15, -0.1) is 0 Å². The summed E-state index contributed by atoms with van der Waals surface area (Å²) >= 11 is 0. The Morgan fingerprint density at radius 1 is 1.16 bits per heavy atom. The van der Waals surface area contributed by atoms with Gasteiger partial charge in [-0.05, 0) is 62.9 Å². The fourth-order valence-corrected chi connectivity index (χ4v) is 3.23. The molecular formula is C24H29N3O4. The molecule has 0 fully saturated rings. The minimum atomic E-state index is -0.582. The van der Waals surface area contributed by atoms with E-state index in [1.807, 2.05) is 76.2 Å². The molecule has 3 rings (SSSR count). The number of carbonyl (C=O) groups is 2. The summed E-state index contributed by atoms with van der Waals surface area (Å²) in [5.41, 5.74) is 3.23. The lowest BCUT2D eigenvalue weighted by Gasteiger charge is -2.26. The van der Waals surface area contributed by atoms with Crippen molar-refractivity contribution >= 4 is 23.6 Å². The molecule has 1 aromatic heterocycles. The zero-order valence-corrected chi connectivity index (χ0v) is 18.5. The number of carbonyl (C=O) groups excluding carboxylic acids is 2. The summed E-state index contributed by atoms with van der Waals surface area (Å²) in [5, 5.41) is 2.69. The zero-order chi connectivity index (χ0) is 22.4. The molecule has 1 N–H and O–H groups in total. The summed E-state index contributed by atoms with van der Waals surface area (Å²) in [5.74, 6) is 0.440. The van der Waals surface area contributed by atoms with Crippen molar-refractivity contribution in [3.05, 3.63) is 65.4 Å². The molecule has 0 atom stereocenters. The summed E-state index contributed by atoms with van der Waals surface area (Å²) in [7, 11) is 0. The van der Waals surface area contributed by atoms with Gasteiger partial charge in [-0.3, -0.25) is 5.32 Å². The highest BCUT2D eigenvalue weighted by atomic mass is 16.6. The van der Waals surface area contributed by atoms with Gasteiger partial charge < -0.3 is 14.4 Å². The van der Waals surface area contributed by atoms with E-state index in [2.05, 4.69) is 10.3 Å². The van der Waals surface area contributed by atoms with Crippen LogP contribution in [0.5, 0.6) is 0 Å². The molecular weight excluding hydrogens is 394 g/mol. The number of aryl methyl sites for hydroxylation is 1. The lowest BCUT2D eigenvalue weighted by Crippen LogP contribution is -2.35. The SMILES string of the molecule is Cc1cc(C2=CCN(C(=O)OCc3ccccc3)CC2)cc(NC(=O)OC(C)(C)C)n1. The van der Waals surface area contributed by atoms with Gasteiger partial charge in [0.2, 0.25) is 0 Å². The number of hydrogen-bond donors (Lipinski definition) is 1. The summed E-state index contributed by atoms with van der Waals surface area (Å²) in [6, 6.07) is 13.4. The first kappa shape index (κ1) is 22.3. The minimum absolute atomic E-state index is 0.260. The van der Waals surface area contributed by atoms with Gasteiger partial charge in [-0.25, -0.2) is 14.6 Å². The van der Waals surface area contributed by atoms with Gasteiger partial charge in [0.25, 0.3) is 0 Å². The third kappa shape index (κ3) is 6.84. The van der Waals surface area contributed by atoms with Crippen molar-refractivity contribution in [3.8, 4) is 0 Å². The first-order valence-electron chi connectivity index (χ1n) is 10.3. The number of hydrogen-bond acceptors (Lipinski definition) is 5. The molecule has 0 radical (unpaired) electrons. The second-order valence-corrected chi connectivity index (χ2v) is 8.47. The van der Waals surface area contributed by atoms with Crippen molar-refractivity contribution in [3.63, 3.8) is 0 Å². The summed E-state index contributed by atoms with van der Waals surface area (Å²) in [4.78, 5) is 30.5. The molecule has 31 heavy (non-hydrogen) atoms. The first-order chi connectivity index (χ1) is 14.7. The van der Waals surface area contributed by atoms with E-state index in [9.17, 15) is 9.59 Å². The molecule has 0 saturated carbocycles. The molecule has 0 bridgehead atoms. The van der Waals surface area contributed by atoms with Crippen LogP contribution in [-0.2, 0) is 16.1 Å². The second-order valence-electron chi connectivity index (χ2n) is 8.47. The average molecular weight is 424 g/mol. The minimum Gasteiger partial charge on any atom is -0.445 e. The largest absolute Gasteiger partial charge is 0.445 e. The van der Waals surface area contributed by atoms with Crippen molar-refractivity contribution in [1.82, 2.24) is 9.88 Å². The lowest BCUT2D eigenvalue weighted by molar-refractivity contribution is 0.0635.